The second-order valence-corrected chi connectivity index (χ2v) is 8.22. The van der Waals surface area contributed by atoms with Gasteiger partial charge in [-0.15, -0.1) is 11.3 Å². The Bertz CT molecular complexity index is 934. The van der Waals surface area contributed by atoms with Crippen molar-refractivity contribution in [2.24, 2.45) is 5.92 Å². The summed E-state index contributed by atoms with van der Waals surface area (Å²) in [6, 6.07) is 7.41. The number of fused-ring (bicyclic) bond motifs is 2. The molecule has 7 heteroatoms. The van der Waals surface area contributed by atoms with Crippen LogP contribution in [0, 0.1) is 5.92 Å². The van der Waals surface area contributed by atoms with E-state index in [1.54, 1.807) is 6.08 Å². The van der Waals surface area contributed by atoms with Crippen molar-refractivity contribution in [2.45, 2.75) is 26.2 Å². The quantitative estimate of drug-likeness (QED) is 0.615. The zero-order valence-corrected chi connectivity index (χ0v) is 16.4. The largest absolute Gasteiger partial charge is 0.486 e. The van der Waals surface area contributed by atoms with Gasteiger partial charge in [0.1, 0.15) is 13.2 Å². The third-order valence-electron chi connectivity index (χ3n) is 4.85. The van der Waals surface area contributed by atoms with Crippen LogP contribution in [-0.4, -0.2) is 25.0 Å². The fourth-order valence-corrected chi connectivity index (χ4v) is 4.48. The zero-order valence-electron chi connectivity index (χ0n) is 15.6. The van der Waals surface area contributed by atoms with Crippen molar-refractivity contribution in [3.63, 3.8) is 0 Å². The summed E-state index contributed by atoms with van der Waals surface area (Å²) >= 11 is 1.51. The van der Waals surface area contributed by atoms with Crippen LogP contribution in [0.3, 0.4) is 0 Å². The average Bonchev–Trinajstić information content (AvgIpc) is 3.13. The number of nitrogens with one attached hydrogen (secondary N) is 2. The smallest absolute Gasteiger partial charge is 0.279 e. The first-order chi connectivity index (χ1) is 13.6. The molecule has 146 valence electrons. The maximum absolute atomic E-state index is 12.3. The Kier molecular flexibility index (Phi) is 5.34. The highest BCUT2D eigenvalue weighted by atomic mass is 32.1. The maximum Gasteiger partial charge on any atom is 0.279 e. The molecule has 2 aliphatic rings. The van der Waals surface area contributed by atoms with Crippen molar-refractivity contribution >= 4 is 29.2 Å². The molecular weight excluding hydrogens is 376 g/mol. The number of ether oxygens (including phenoxy) is 2. The molecule has 1 atom stereocenters. The summed E-state index contributed by atoms with van der Waals surface area (Å²) in [6.45, 7) is 3.28. The molecule has 2 heterocycles. The zero-order chi connectivity index (χ0) is 19.5. The van der Waals surface area contributed by atoms with E-state index in [1.165, 1.54) is 27.9 Å². The Labute approximate surface area is 167 Å². The summed E-state index contributed by atoms with van der Waals surface area (Å²) in [6.07, 6.45) is 6.23. The van der Waals surface area contributed by atoms with E-state index in [2.05, 4.69) is 17.8 Å². The topological polar surface area (TPSA) is 76.7 Å². The van der Waals surface area contributed by atoms with Gasteiger partial charge in [0.05, 0.1) is 4.88 Å². The van der Waals surface area contributed by atoms with E-state index in [4.69, 9.17) is 9.47 Å². The minimum absolute atomic E-state index is 0.284. The molecule has 0 saturated carbocycles. The van der Waals surface area contributed by atoms with Crippen LogP contribution in [0.15, 0.2) is 30.3 Å². The second-order valence-electron chi connectivity index (χ2n) is 7.09. The highest BCUT2D eigenvalue weighted by Crippen LogP contribution is 2.32. The molecule has 0 saturated heterocycles. The summed E-state index contributed by atoms with van der Waals surface area (Å²) in [7, 11) is 0. The van der Waals surface area contributed by atoms with Crippen LogP contribution in [0.2, 0.25) is 0 Å². The molecule has 0 unspecified atom stereocenters. The molecular formula is C21H22N2O4S. The van der Waals surface area contributed by atoms with Gasteiger partial charge in [0.25, 0.3) is 11.8 Å². The monoisotopic (exact) mass is 398 g/mol. The van der Waals surface area contributed by atoms with Crippen molar-refractivity contribution < 1.29 is 19.1 Å². The van der Waals surface area contributed by atoms with Gasteiger partial charge in [-0.3, -0.25) is 20.4 Å². The molecule has 4 rings (SSSR count). The van der Waals surface area contributed by atoms with Gasteiger partial charge in [-0.2, -0.15) is 0 Å². The molecule has 6 nitrogen and oxygen atoms in total. The summed E-state index contributed by atoms with van der Waals surface area (Å²) in [5, 5.41) is 0. The lowest BCUT2D eigenvalue weighted by molar-refractivity contribution is -0.117. The summed E-state index contributed by atoms with van der Waals surface area (Å²) in [4.78, 5) is 26.2. The molecule has 28 heavy (non-hydrogen) atoms. The van der Waals surface area contributed by atoms with E-state index in [9.17, 15) is 9.59 Å². The Balaban J connectivity index is 1.32. The Hall–Kier alpha value is -2.80. The van der Waals surface area contributed by atoms with Gasteiger partial charge in [-0.25, -0.2) is 0 Å². The number of carbonyl (C=O) groups is 2. The predicted molar refractivity (Wildman–Crippen MR) is 108 cm³/mol. The summed E-state index contributed by atoms with van der Waals surface area (Å²) in [5.41, 5.74) is 6.98. The van der Waals surface area contributed by atoms with Crippen LogP contribution >= 0.6 is 11.3 Å². The number of aryl methyl sites for hydroxylation is 1. The van der Waals surface area contributed by atoms with E-state index in [-0.39, 0.29) is 5.91 Å². The number of carbonyl (C=O) groups excluding carboxylic acids is 2. The highest BCUT2D eigenvalue weighted by Gasteiger charge is 2.20. The van der Waals surface area contributed by atoms with E-state index < -0.39 is 5.91 Å². The van der Waals surface area contributed by atoms with Gasteiger partial charge in [0.2, 0.25) is 0 Å². The lowest BCUT2D eigenvalue weighted by Gasteiger charge is -2.18. The number of thiophene rings is 1. The van der Waals surface area contributed by atoms with Gasteiger partial charge >= 0.3 is 0 Å². The van der Waals surface area contributed by atoms with Crippen molar-refractivity contribution in [1.29, 1.82) is 0 Å². The van der Waals surface area contributed by atoms with Crippen molar-refractivity contribution in [2.75, 3.05) is 13.2 Å². The summed E-state index contributed by atoms with van der Waals surface area (Å²) in [5.74, 6) is 1.33. The third kappa shape index (κ3) is 4.20. The second kappa shape index (κ2) is 8.06. The van der Waals surface area contributed by atoms with Crippen LogP contribution in [0.4, 0.5) is 0 Å². The normalized spacial score (nSPS) is 17.8. The molecule has 1 aliphatic heterocycles. The molecule has 1 aromatic heterocycles. The molecule has 2 aromatic rings. The molecule has 0 radical (unpaired) electrons. The molecule has 0 spiro atoms. The minimum Gasteiger partial charge on any atom is -0.486 e. The summed E-state index contributed by atoms with van der Waals surface area (Å²) < 4.78 is 11.0. The maximum atomic E-state index is 12.3. The number of hydrogen-bond donors (Lipinski definition) is 2. The lowest BCUT2D eigenvalue weighted by Crippen LogP contribution is -2.40. The van der Waals surface area contributed by atoms with Gasteiger partial charge in [-0.05, 0) is 60.6 Å². The van der Waals surface area contributed by atoms with Crippen LogP contribution < -0.4 is 20.3 Å². The molecule has 2 amide bonds. The molecule has 2 N–H and O–H groups in total. The first-order valence-corrected chi connectivity index (χ1v) is 10.2. The van der Waals surface area contributed by atoms with Gasteiger partial charge < -0.3 is 9.47 Å². The predicted octanol–water partition coefficient (Wildman–Crippen LogP) is 3.12. The van der Waals surface area contributed by atoms with Crippen molar-refractivity contribution in [3.8, 4) is 11.5 Å². The Morgan fingerprint density at radius 3 is 2.82 bits per heavy atom. The number of rotatable bonds is 3. The number of benzene rings is 1. The molecule has 1 aliphatic carbocycles. The van der Waals surface area contributed by atoms with E-state index in [0.29, 0.717) is 35.5 Å². The highest BCUT2D eigenvalue weighted by molar-refractivity contribution is 7.14. The van der Waals surface area contributed by atoms with Crippen LogP contribution in [-0.2, 0) is 17.6 Å². The Morgan fingerprint density at radius 1 is 1.14 bits per heavy atom. The minimum atomic E-state index is -0.404. The van der Waals surface area contributed by atoms with E-state index >= 15 is 0 Å². The molecule has 1 aromatic carbocycles. The van der Waals surface area contributed by atoms with Crippen molar-refractivity contribution in [3.05, 3.63) is 51.2 Å². The fourth-order valence-electron chi connectivity index (χ4n) is 3.37. The van der Waals surface area contributed by atoms with Gasteiger partial charge in [-0.1, -0.05) is 13.0 Å². The first-order valence-electron chi connectivity index (χ1n) is 9.38. The molecule has 0 fully saturated rings. The van der Waals surface area contributed by atoms with E-state index in [1.807, 2.05) is 24.3 Å². The number of hydrogen-bond acceptors (Lipinski definition) is 5. The lowest BCUT2D eigenvalue weighted by atomic mass is 9.90. The number of amides is 2. The number of hydrazine groups is 1. The van der Waals surface area contributed by atoms with Gasteiger partial charge in [0, 0.05) is 11.0 Å². The van der Waals surface area contributed by atoms with Crippen LogP contribution in [0.25, 0.3) is 6.08 Å². The van der Waals surface area contributed by atoms with Gasteiger partial charge in [0.15, 0.2) is 11.5 Å². The van der Waals surface area contributed by atoms with E-state index in [0.717, 1.165) is 24.8 Å². The standard InChI is InChI=1S/C21H22N2O4S/c1-13-2-6-18-15(10-13)12-19(28-18)21(25)23-22-20(24)7-4-14-3-5-16-17(11-14)27-9-8-26-16/h3-5,7,11-13H,2,6,8-10H2,1H3,(H,22,24)(H,23,25)/b7-4+/t13-/m0/s1. The van der Waals surface area contributed by atoms with Crippen LogP contribution in [0.1, 0.15) is 39.0 Å². The molecule has 0 bridgehead atoms. The average molecular weight is 398 g/mol. The van der Waals surface area contributed by atoms with Crippen molar-refractivity contribution in [1.82, 2.24) is 10.9 Å². The first kappa shape index (κ1) is 18.6. The van der Waals surface area contributed by atoms with Crippen LogP contribution in [0.5, 0.6) is 11.5 Å². The Morgan fingerprint density at radius 2 is 1.96 bits per heavy atom. The fraction of sp³-hybridized carbons (Fsp3) is 0.333. The SMILES string of the molecule is C[C@H]1CCc2sc(C(=O)NNC(=O)/C=C/c3ccc4c(c3)OCCO4)cc2C1. The third-order valence-corrected chi connectivity index (χ3v) is 6.08.